The van der Waals surface area contributed by atoms with E-state index in [2.05, 4.69) is 5.32 Å². The van der Waals surface area contributed by atoms with Crippen LogP contribution in [0.3, 0.4) is 0 Å². The summed E-state index contributed by atoms with van der Waals surface area (Å²) in [6.45, 7) is 1.24. The van der Waals surface area contributed by atoms with Gasteiger partial charge in [0.25, 0.3) is 0 Å². The van der Waals surface area contributed by atoms with E-state index in [9.17, 15) is 14.7 Å². The maximum Gasteiger partial charge on any atom is 0.307 e. The second-order valence-electron chi connectivity index (χ2n) is 4.62. The van der Waals surface area contributed by atoms with E-state index in [1.807, 2.05) is 0 Å². The van der Waals surface area contributed by atoms with E-state index in [0.717, 1.165) is 25.7 Å². The van der Waals surface area contributed by atoms with Crippen LogP contribution in [-0.2, 0) is 9.59 Å². The Morgan fingerprint density at radius 2 is 2.24 bits per heavy atom. The molecule has 1 amide bonds. The number of carboxylic acid groups (broad SMARTS) is 1. The van der Waals surface area contributed by atoms with E-state index in [0.29, 0.717) is 25.9 Å². The van der Waals surface area contributed by atoms with Gasteiger partial charge >= 0.3 is 5.97 Å². The lowest BCUT2D eigenvalue weighted by molar-refractivity contribution is -0.147. The number of carbonyl (C=O) groups excluding carboxylic acids is 1. The fraction of sp³-hybridized carbons (Fsp3) is 0.833. The van der Waals surface area contributed by atoms with Gasteiger partial charge in [0.05, 0.1) is 11.8 Å². The highest BCUT2D eigenvalue weighted by atomic mass is 16.4. The second kappa shape index (κ2) is 7.27. The maximum atomic E-state index is 11.8. The molecule has 0 radical (unpaired) electrons. The Morgan fingerprint density at radius 1 is 1.47 bits per heavy atom. The van der Waals surface area contributed by atoms with Crippen LogP contribution in [0.5, 0.6) is 0 Å². The first-order valence-corrected chi connectivity index (χ1v) is 6.37. The number of hydrogen-bond acceptors (Lipinski definition) is 3. The van der Waals surface area contributed by atoms with Crippen LogP contribution in [-0.4, -0.2) is 30.1 Å². The van der Waals surface area contributed by atoms with Crippen molar-refractivity contribution in [3.05, 3.63) is 0 Å². The van der Waals surface area contributed by atoms with E-state index in [-0.39, 0.29) is 11.8 Å². The van der Waals surface area contributed by atoms with Crippen molar-refractivity contribution in [1.29, 1.82) is 0 Å². The molecule has 2 unspecified atom stereocenters. The molecule has 0 aromatic carbocycles. The van der Waals surface area contributed by atoms with Gasteiger partial charge in [-0.1, -0.05) is 12.8 Å². The Balaban J connectivity index is 2.60. The normalized spacial score (nSPS) is 22.6. The van der Waals surface area contributed by atoms with Gasteiger partial charge in [0.1, 0.15) is 0 Å². The van der Waals surface area contributed by atoms with E-state index in [1.54, 1.807) is 0 Å². The van der Waals surface area contributed by atoms with Crippen molar-refractivity contribution >= 4 is 11.9 Å². The number of amides is 1. The third kappa shape index (κ3) is 4.34. The predicted molar refractivity (Wildman–Crippen MR) is 64.4 cm³/mol. The summed E-state index contributed by atoms with van der Waals surface area (Å²) in [5.74, 6) is -1.88. The SMILES string of the molecule is NCCCCC(C(=O)O)C1CCCCNC1=O. The monoisotopic (exact) mass is 242 g/mol. The molecule has 0 aromatic heterocycles. The van der Waals surface area contributed by atoms with Crippen LogP contribution < -0.4 is 11.1 Å². The van der Waals surface area contributed by atoms with Crippen LogP contribution in [0, 0.1) is 11.8 Å². The molecule has 17 heavy (non-hydrogen) atoms. The summed E-state index contributed by atoms with van der Waals surface area (Å²) in [4.78, 5) is 23.0. The lowest BCUT2D eigenvalue weighted by atomic mass is 9.84. The minimum Gasteiger partial charge on any atom is -0.481 e. The van der Waals surface area contributed by atoms with Crippen molar-refractivity contribution in [3.63, 3.8) is 0 Å². The Kier molecular flexibility index (Phi) is 5.97. The van der Waals surface area contributed by atoms with Crippen LogP contribution in [0.2, 0.25) is 0 Å². The molecule has 0 aromatic rings. The largest absolute Gasteiger partial charge is 0.481 e. The molecule has 1 aliphatic heterocycles. The molecule has 4 N–H and O–H groups in total. The lowest BCUT2D eigenvalue weighted by Gasteiger charge is -2.21. The highest BCUT2D eigenvalue weighted by molar-refractivity contribution is 5.84. The van der Waals surface area contributed by atoms with Gasteiger partial charge in [-0.2, -0.15) is 0 Å². The van der Waals surface area contributed by atoms with E-state index in [1.165, 1.54) is 0 Å². The molecule has 98 valence electrons. The number of nitrogens with one attached hydrogen (secondary N) is 1. The maximum absolute atomic E-state index is 11.8. The number of carbonyl (C=O) groups is 2. The van der Waals surface area contributed by atoms with Crippen molar-refractivity contribution in [2.45, 2.75) is 38.5 Å². The van der Waals surface area contributed by atoms with Gasteiger partial charge in [0, 0.05) is 6.54 Å². The fourth-order valence-electron chi connectivity index (χ4n) is 2.35. The van der Waals surface area contributed by atoms with Gasteiger partial charge in [-0.25, -0.2) is 0 Å². The quantitative estimate of drug-likeness (QED) is 0.599. The Hall–Kier alpha value is -1.10. The molecular weight excluding hydrogens is 220 g/mol. The zero-order valence-electron chi connectivity index (χ0n) is 10.2. The Labute approximate surface area is 102 Å². The summed E-state index contributed by atoms with van der Waals surface area (Å²) >= 11 is 0. The third-order valence-corrected chi connectivity index (χ3v) is 3.35. The van der Waals surface area contributed by atoms with Gasteiger partial charge in [-0.05, 0) is 32.2 Å². The molecule has 0 aliphatic carbocycles. The Bertz CT molecular complexity index is 268. The van der Waals surface area contributed by atoms with E-state index >= 15 is 0 Å². The van der Waals surface area contributed by atoms with E-state index < -0.39 is 11.9 Å². The van der Waals surface area contributed by atoms with Crippen LogP contribution in [0.15, 0.2) is 0 Å². The molecule has 0 spiro atoms. The molecule has 0 saturated carbocycles. The van der Waals surface area contributed by atoms with Crippen molar-refractivity contribution in [1.82, 2.24) is 5.32 Å². The zero-order valence-corrected chi connectivity index (χ0v) is 10.2. The molecule has 1 aliphatic rings. The highest BCUT2D eigenvalue weighted by Crippen LogP contribution is 2.26. The topological polar surface area (TPSA) is 92.4 Å². The molecule has 5 nitrogen and oxygen atoms in total. The molecule has 2 atom stereocenters. The van der Waals surface area contributed by atoms with Gasteiger partial charge in [0.15, 0.2) is 0 Å². The minimum absolute atomic E-state index is 0.0948. The Morgan fingerprint density at radius 3 is 2.88 bits per heavy atom. The minimum atomic E-state index is -0.857. The molecule has 5 heteroatoms. The van der Waals surface area contributed by atoms with E-state index in [4.69, 9.17) is 5.73 Å². The summed E-state index contributed by atoms with van der Waals surface area (Å²) in [5.41, 5.74) is 5.39. The van der Waals surface area contributed by atoms with Crippen molar-refractivity contribution in [3.8, 4) is 0 Å². The lowest BCUT2D eigenvalue weighted by Crippen LogP contribution is -2.36. The van der Waals surface area contributed by atoms with Gasteiger partial charge < -0.3 is 16.2 Å². The molecule has 1 rings (SSSR count). The first kappa shape index (κ1) is 14.0. The molecule has 1 fully saturated rings. The number of nitrogens with two attached hydrogens (primary N) is 1. The van der Waals surface area contributed by atoms with Crippen LogP contribution in [0.4, 0.5) is 0 Å². The summed E-state index contributed by atoms with van der Waals surface area (Å²) in [7, 11) is 0. The molecular formula is C12H22N2O3. The second-order valence-corrected chi connectivity index (χ2v) is 4.62. The van der Waals surface area contributed by atoms with Gasteiger partial charge in [-0.15, -0.1) is 0 Å². The third-order valence-electron chi connectivity index (χ3n) is 3.35. The smallest absolute Gasteiger partial charge is 0.307 e. The molecule has 1 saturated heterocycles. The molecule has 0 bridgehead atoms. The highest BCUT2D eigenvalue weighted by Gasteiger charge is 2.33. The number of aliphatic carboxylic acids is 1. The fourth-order valence-corrected chi connectivity index (χ4v) is 2.35. The number of rotatable bonds is 6. The summed E-state index contributed by atoms with van der Waals surface area (Å²) in [6, 6.07) is 0. The summed E-state index contributed by atoms with van der Waals surface area (Å²) in [5, 5.41) is 12.0. The first-order chi connectivity index (χ1) is 8.16. The van der Waals surface area contributed by atoms with Crippen molar-refractivity contribution in [2.75, 3.05) is 13.1 Å². The van der Waals surface area contributed by atoms with Gasteiger partial charge in [0.2, 0.25) is 5.91 Å². The average molecular weight is 242 g/mol. The van der Waals surface area contributed by atoms with Crippen LogP contribution in [0.1, 0.15) is 38.5 Å². The average Bonchev–Trinajstić information content (AvgIpc) is 2.49. The number of hydrogen-bond donors (Lipinski definition) is 3. The zero-order chi connectivity index (χ0) is 12.7. The van der Waals surface area contributed by atoms with Crippen molar-refractivity contribution in [2.24, 2.45) is 17.6 Å². The first-order valence-electron chi connectivity index (χ1n) is 6.37. The number of unbranched alkanes of at least 4 members (excludes halogenated alkanes) is 1. The standard InChI is InChI=1S/C12H22N2O3/c13-7-3-1-6-10(12(16)17)9-5-2-4-8-14-11(9)15/h9-10H,1-8,13H2,(H,14,15)(H,16,17). The summed E-state index contributed by atoms with van der Waals surface area (Å²) < 4.78 is 0. The summed E-state index contributed by atoms with van der Waals surface area (Å²) in [6.07, 6.45) is 4.69. The predicted octanol–water partition coefficient (Wildman–Crippen LogP) is 0.732. The number of carboxylic acids is 1. The van der Waals surface area contributed by atoms with Gasteiger partial charge in [-0.3, -0.25) is 9.59 Å². The molecule has 1 heterocycles. The van der Waals surface area contributed by atoms with Crippen LogP contribution >= 0.6 is 0 Å². The van der Waals surface area contributed by atoms with Crippen molar-refractivity contribution < 1.29 is 14.7 Å². The van der Waals surface area contributed by atoms with Crippen LogP contribution in [0.25, 0.3) is 0 Å².